The molecule has 0 unspecified atom stereocenters. The molecular weight excluding hydrogens is 260 g/mol. The molecular formula is C13H16N4OS. The van der Waals surface area contributed by atoms with Gasteiger partial charge in [-0.2, -0.15) is 0 Å². The first kappa shape index (κ1) is 13.5. The first-order chi connectivity index (χ1) is 9.04. The molecule has 100 valence electrons. The number of anilines is 1. The van der Waals surface area contributed by atoms with Crippen molar-refractivity contribution in [2.45, 2.75) is 19.4 Å². The third-order valence-electron chi connectivity index (χ3n) is 2.68. The second-order valence-electron chi connectivity index (χ2n) is 4.57. The quantitative estimate of drug-likeness (QED) is 0.898. The maximum atomic E-state index is 12.3. The minimum absolute atomic E-state index is 0.169. The van der Waals surface area contributed by atoms with Crippen molar-refractivity contribution in [3.63, 3.8) is 0 Å². The number of aromatic nitrogens is 2. The molecule has 5 nitrogen and oxygen atoms in total. The Labute approximate surface area is 116 Å². The second kappa shape index (κ2) is 5.36. The molecule has 2 N–H and O–H groups in total. The van der Waals surface area contributed by atoms with Crippen molar-refractivity contribution in [1.29, 1.82) is 0 Å². The zero-order valence-corrected chi connectivity index (χ0v) is 11.9. The lowest BCUT2D eigenvalue weighted by Crippen LogP contribution is -2.41. The van der Waals surface area contributed by atoms with E-state index in [2.05, 4.69) is 20.6 Å². The summed E-state index contributed by atoms with van der Waals surface area (Å²) in [5.74, 6) is 0.396. The van der Waals surface area contributed by atoms with Gasteiger partial charge in [0.1, 0.15) is 10.8 Å². The third-order valence-corrected chi connectivity index (χ3v) is 3.78. The van der Waals surface area contributed by atoms with Crippen molar-refractivity contribution in [1.82, 2.24) is 15.3 Å². The van der Waals surface area contributed by atoms with Gasteiger partial charge in [0.25, 0.3) is 5.91 Å². The van der Waals surface area contributed by atoms with Crippen LogP contribution in [0.4, 0.5) is 5.82 Å². The van der Waals surface area contributed by atoms with Crippen molar-refractivity contribution < 1.29 is 4.79 Å². The minimum atomic E-state index is -0.508. The van der Waals surface area contributed by atoms with E-state index < -0.39 is 5.54 Å². The molecule has 0 bridgehead atoms. The number of carbonyl (C=O) groups is 1. The largest absolute Gasteiger partial charge is 0.372 e. The standard InChI is InChI=1S/C13H16N4OS/c1-13(2,12-16-7-8-19-12)17-11(18)9-5-4-6-15-10(9)14-3/h4-8H,1-3H3,(H,14,15)(H,17,18). The van der Waals surface area contributed by atoms with E-state index in [1.807, 2.05) is 19.2 Å². The van der Waals surface area contributed by atoms with Crippen LogP contribution in [0.1, 0.15) is 29.2 Å². The Hall–Kier alpha value is -1.95. The van der Waals surface area contributed by atoms with Crippen LogP contribution in [0.15, 0.2) is 29.9 Å². The molecule has 0 aromatic carbocycles. The highest BCUT2D eigenvalue weighted by Crippen LogP contribution is 2.23. The van der Waals surface area contributed by atoms with Crippen LogP contribution in [-0.4, -0.2) is 22.9 Å². The van der Waals surface area contributed by atoms with Crippen molar-refractivity contribution in [2.75, 3.05) is 12.4 Å². The summed E-state index contributed by atoms with van der Waals surface area (Å²) in [6, 6.07) is 3.48. The lowest BCUT2D eigenvalue weighted by molar-refractivity contribution is 0.0912. The third kappa shape index (κ3) is 2.90. The predicted molar refractivity (Wildman–Crippen MR) is 76.4 cm³/mol. The molecule has 2 heterocycles. The molecule has 0 aliphatic heterocycles. The second-order valence-corrected chi connectivity index (χ2v) is 5.46. The Morgan fingerprint density at radius 1 is 1.32 bits per heavy atom. The number of amides is 1. The first-order valence-electron chi connectivity index (χ1n) is 5.90. The van der Waals surface area contributed by atoms with Crippen LogP contribution in [0.2, 0.25) is 0 Å². The van der Waals surface area contributed by atoms with Gasteiger partial charge in [-0.1, -0.05) is 0 Å². The molecule has 6 heteroatoms. The Morgan fingerprint density at radius 2 is 2.11 bits per heavy atom. The average molecular weight is 276 g/mol. The molecule has 0 spiro atoms. The Balaban J connectivity index is 2.22. The molecule has 0 saturated heterocycles. The lowest BCUT2D eigenvalue weighted by Gasteiger charge is -2.24. The molecule has 1 amide bonds. The molecule has 0 radical (unpaired) electrons. The predicted octanol–water partition coefficient (Wildman–Crippen LogP) is 2.24. The van der Waals surface area contributed by atoms with Crippen LogP contribution in [0.3, 0.4) is 0 Å². The summed E-state index contributed by atoms with van der Waals surface area (Å²) in [5.41, 5.74) is 0.0150. The molecule has 0 aliphatic carbocycles. The van der Waals surface area contributed by atoms with Crippen molar-refractivity contribution in [3.05, 3.63) is 40.5 Å². The van der Waals surface area contributed by atoms with E-state index in [1.54, 1.807) is 31.6 Å². The van der Waals surface area contributed by atoms with E-state index in [9.17, 15) is 4.79 Å². The monoisotopic (exact) mass is 276 g/mol. The molecule has 19 heavy (non-hydrogen) atoms. The maximum Gasteiger partial charge on any atom is 0.255 e. The summed E-state index contributed by atoms with van der Waals surface area (Å²) in [6.07, 6.45) is 3.38. The van der Waals surface area contributed by atoms with E-state index >= 15 is 0 Å². The number of hydrogen-bond donors (Lipinski definition) is 2. The van der Waals surface area contributed by atoms with Gasteiger partial charge in [0.2, 0.25) is 0 Å². The van der Waals surface area contributed by atoms with E-state index in [4.69, 9.17) is 0 Å². The van der Waals surface area contributed by atoms with Gasteiger partial charge in [-0.05, 0) is 26.0 Å². The molecule has 0 atom stereocenters. The molecule has 2 rings (SSSR count). The van der Waals surface area contributed by atoms with Crippen LogP contribution in [0.25, 0.3) is 0 Å². The van der Waals surface area contributed by atoms with Gasteiger partial charge < -0.3 is 10.6 Å². The van der Waals surface area contributed by atoms with Gasteiger partial charge in [-0.25, -0.2) is 9.97 Å². The van der Waals surface area contributed by atoms with Crippen molar-refractivity contribution >= 4 is 23.1 Å². The van der Waals surface area contributed by atoms with Crippen molar-refractivity contribution in [2.24, 2.45) is 0 Å². The van der Waals surface area contributed by atoms with E-state index in [1.165, 1.54) is 11.3 Å². The van der Waals surface area contributed by atoms with Gasteiger partial charge in [0.05, 0.1) is 11.1 Å². The first-order valence-corrected chi connectivity index (χ1v) is 6.78. The number of nitrogens with one attached hydrogen (secondary N) is 2. The zero-order chi connectivity index (χ0) is 13.9. The summed E-state index contributed by atoms with van der Waals surface area (Å²) in [4.78, 5) is 20.7. The maximum absolute atomic E-state index is 12.3. The van der Waals surface area contributed by atoms with Crippen LogP contribution < -0.4 is 10.6 Å². The summed E-state index contributed by atoms with van der Waals surface area (Å²) in [6.45, 7) is 3.86. The molecule has 2 aromatic rings. The minimum Gasteiger partial charge on any atom is -0.372 e. The fraction of sp³-hybridized carbons (Fsp3) is 0.308. The molecule has 2 aromatic heterocycles. The fourth-order valence-corrected chi connectivity index (χ4v) is 2.44. The Bertz CT molecular complexity index is 566. The normalized spacial score (nSPS) is 11.1. The highest BCUT2D eigenvalue weighted by Gasteiger charge is 2.26. The number of thiazole rings is 1. The summed E-state index contributed by atoms with van der Waals surface area (Å²) < 4.78 is 0. The summed E-state index contributed by atoms with van der Waals surface area (Å²) in [7, 11) is 1.74. The van der Waals surface area contributed by atoms with E-state index in [0.717, 1.165) is 5.01 Å². The SMILES string of the molecule is CNc1ncccc1C(=O)NC(C)(C)c1nccs1. The van der Waals surface area contributed by atoms with Gasteiger partial charge in [-0.3, -0.25) is 4.79 Å². The highest BCUT2D eigenvalue weighted by atomic mass is 32.1. The fourth-order valence-electron chi connectivity index (χ4n) is 1.72. The van der Waals surface area contributed by atoms with E-state index in [-0.39, 0.29) is 5.91 Å². The number of nitrogens with zero attached hydrogens (tertiary/aromatic N) is 2. The van der Waals surface area contributed by atoms with E-state index in [0.29, 0.717) is 11.4 Å². The topological polar surface area (TPSA) is 66.9 Å². The summed E-state index contributed by atoms with van der Waals surface area (Å²) >= 11 is 1.52. The van der Waals surface area contributed by atoms with Gasteiger partial charge in [0, 0.05) is 24.8 Å². The number of rotatable bonds is 4. The Kier molecular flexibility index (Phi) is 3.80. The average Bonchev–Trinajstić information content (AvgIpc) is 2.93. The number of carbonyl (C=O) groups excluding carboxylic acids is 1. The molecule has 0 saturated carbocycles. The van der Waals surface area contributed by atoms with Crippen LogP contribution in [0, 0.1) is 0 Å². The van der Waals surface area contributed by atoms with Crippen LogP contribution in [-0.2, 0) is 5.54 Å². The zero-order valence-electron chi connectivity index (χ0n) is 11.1. The highest BCUT2D eigenvalue weighted by molar-refractivity contribution is 7.09. The Morgan fingerprint density at radius 3 is 2.74 bits per heavy atom. The van der Waals surface area contributed by atoms with Crippen LogP contribution in [0.5, 0.6) is 0 Å². The van der Waals surface area contributed by atoms with Gasteiger partial charge in [-0.15, -0.1) is 11.3 Å². The van der Waals surface area contributed by atoms with Crippen molar-refractivity contribution in [3.8, 4) is 0 Å². The molecule has 0 fully saturated rings. The van der Waals surface area contributed by atoms with Crippen LogP contribution >= 0.6 is 11.3 Å². The van der Waals surface area contributed by atoms with Gasteiger partial charge in [0.15, 0.2) is 0 Å². The van der Waals surface area contributed by atoms with Gasteiger partial charge >= 0.3 is 0 Å². The smallest absolute Gasteiger partial charge is 0.255 e. The molecule has 0 aliphatic rings. The summed E-state index contributed by atoms with van der Waals surface area (Å²) in [5, 5.41) is 8.66. The lowest BCUT2D eigenvalue weighted by atomic mass is 10.1. The number of pyridine rings is 1. The number of hydrogen-bond acceptors (Lipinski definition) is 5.